The Morgan fingerprint density at radius 1 is 0.973 bits per heavy atom. The minimum absolute atomic E-state index is 0.120. The molecule has 1 heterocycles. The lowest BCUT2D eigenvalue weighted by atomic mass is 10.1. The Balaban J connectivity index is 1.63. The first-order valence-corrected chi connectivity index (χ1v) is 11.7. The number of aryl methyl sites for hydroxylation is 1. The largest absolute Gasteiger partial charge is 0.475 e. The van der Waals surface area contributed by atoms with Gasteiger partial charge in [0.25, 0.3) is 6.10 Å². The zero-order valence-corrected chi connectivity index (χ0v) is 21.0. The molecule has 1 aliphatic carbocycles. The third-order valence-electron chi connectivity index (χ3n) is 5.90. The second kappa shape index (κ2) is 10.2. The van der Waals surface area contributed by atoms with Crippen LogP contribution in [0.3, 0.4) is 0 Å². The lowest BCUT2D eigenvalue weighted by molar-refractivity contribution is -0.308. The maximum Gasteiger partial charge on any atom is 0.434 e. The summed E-state index contributed by atoms with van der Waals surface area (Å²) in [4.78, 5) is 27.4. The van der Waals surface area contributed by atoms with Crippen molar-refractivity contribution in [1.29, 1.82) is 0 Å². The van der Waals surface area contributed by atoms with E-state index in [2.05, 4.69) is 4.74 Å². The van der Waals surface area contributed by atoms with E-state index < -0.39 is 41.7 Å². The highest BCUT2D eigenvalue weighted by molar-refractivity contribution is 5.83. The summed E-state index contributed by atoms with van der Waals surface area (Å²) in [5.41, 5.74) is -0.199. The summed E-state index contributed by atoms with van der Waals surface area (Å²) in [6, 6.07) is 5.45. The summed E-state index contributed by atoms with van der Waals surface area (Å²) in [5.74, 6) is 0.0724. The first-order chi connectivity index (χ1) is 16.9. The molecule has 0 N–H and O–H groups in total. The Morgan fingerprint density at radius 2 is 1.54 bits per heavy atom. The van der Waals surface area contributed by atoms with E-state index >= 15 is 0 Å². The fourth-order valence-electron chi connectivity index (χ4n) is 3.84. The highest BCUT2D eigenvalue weighted by atomic mass is 19.4. The van der Waals surface area contributed by atoms with Crippen LogP contribution in [0.2, 0.25) is 0 Å². The van der Waals surface area contributed by atoms with E-state index in [9.17, 15) is 35.9 Å². The number of benzene rings is 1. The van der Waals surface area contributed by atoms with Gasteiger partial charge in [0.2, 0.25) is 5.60 Å². The summed E-state index contributed by atoms with van der Waals surface area (Å²) in [7, 11) is 0. The number of ether oxygens (including phenoxy) is 3. The molecule has 0 spiro atoms. The van der Waals surface area contributed by atoms with Gasteiger partial charge in [0.1, 0.15) is 11.4 Å². The van der Waals surface area contributed by atoms with Crippen LogP contribution < -0.4 is 4.74 Å². The Bertz CT molecular complexity index is 979. The average molecular weight is 541 g/mol. The van der Waals surface area contributed by atoms with Crippen molar-refractivity contribution in [3.63, 3.8) is 0 Å². The van der Waals surface area contributed by atoms with Gasteiger partial charge in [-0.05, 0) is 33.3 Å². The van der Waals surface area contributed by atoms with E-state index in [1.54, 1.807) is 20.8 Å². The number of carbonyl (C=O) groups is 2. The van der Waals surface area contributed by atoms with Gasteiger partial charge < -0.3 is 19.1 Å². The maximum absolute atomic E-state index is 12.7. The van der Waals surface area contributed by atoms with Gasteiger partial charge in [0.05, 0.1) is 0 Å². The molecule has 0 atom stereocenters. The van der Waals surface area contributed by atoms with Crippen LogP contribution in [0.25, 0.3) is 0 Å². The number of nitrogens with zero attached hydrogens (tertiary/aromatic N) is 2. The lowest BCUT2D eigenvalue weighted by Gasteiger charge is -2.35. The summed E-state index contributed by atoms with van der Waals surface area (Å²) < 4.78 is 91.7. The molecular weight excluding hydrogens is 510 g/mol. The van der Waals surface area contributed by atoms with Gasteiger partial charge in [0, 0.05) is 51.1 Å². The summed E-state index contributed by atoms with van der Waals surface area (Å²) in [5, 5.41) is 0. The van der Waals surface area contributed by atoms with Crippen LogP contribution in [0.5, 0.6) is 5.75 Å². The van der Waals surface area contributed by atoms with Crippen molar-refractivity contribution in [3.05, 3.63) is 29.3 Å². The molecule has 208 valence electrons. The third kappa shape index (κ3) is 7.42. The second-order valence-corrected chi connectivity index (χ2v) is 10.3. The van der Waals surface area contributed by atoms with Crippen molar-refractivity contribution in [2.45, 2.75) is 76.7 Å². The number of para-hydroxylation sites is 1. The molecule has 1 saturated carbocycles. The molecule has 2 fully saturated rings. The van der Waals surface area contributed by atoms with Gasteiger partial charge in [-0.2, -0.15) is 26.3 Å². The summed E-state index contributed by atoms with van der Waals surface area (Å²) in [6.07, 6.45) is -16.4. The van der Waals surface area contributed by atoms with Gasteiger partial charge in [-0.15, -0.1) is 0 Å². The molecule has 1 amide bonds. The van der Waals surface area contributed by atoms with Crippen molar-refractivity contribution in [2.75, 3.05) is 26.2 Å². The van der Waals surface area contributed by atoms with E-state index in [0.29, 0.717) is 25.1 Å². The van der Waals surface area contributed by atoms with Crippen LogP contribution in [0, 0.1) is 6.92 Å². The molecule has 0 unspecified atom stereocenters. The highest BCUT2D eigenvalue weighted by Gasteiger charge is 2.60. The van der Waals surface area contributed by atoms with Gasteiger partial charge >= 0.3 is 24.4 Å². The minimum Gasteiger partial charge on any atom is -0.475 e. The van der Waals surface area contributed by atoms with Gasteiger partial charge in [-0.1, -0.05) is 18.2 Å². The molecule has 3 rings (SSSR count). The standard InChI is InChI=1S/C24H30F6N2O5/c1-15-6-5-7-16(17(15)36-22(8-9-22)19(33)37-21(2,3)4)14-31-10-12-32(13-11-31)20(34)35-18(23(25,26)27)24(28,29)30/h5-7,18H,8-14H2,1-4H3. The number of carbonyl (C=O) groups excluding carboxylic acids is 2. The zero-order valence-electron chi connectivity index (χ0n) is 21.0. The second-order valence-electron chi connectivity index (χ2n) is 10.3. The van der Waals surface area contributed by atoms with E-state index in [1.807, 2.05) is 30.0 Å². The van der Waals surface area contributed by atoms with Crippen molar-refractivity contribution < 1.29 is 50.1 Å². The van der Waals surface area contributed by atoms with Crippen LogP contribution in [0.1, 0.15) is 44.7 Å². The zero-order chi connectivity index (χ0) is 27.8. The van der Waals surface area contributed by atoms with Crippen LogP contribution in [0.4, 0.5) is 31.1 Å². The molecule has 1 aromatic rings. The Labute approximate surface area is 210 Å². The van der Waals surface area contributed by atoms with Crippen LogP contribution in [0.15, 0.2) is 18.2 Å². The van der Waals surface area contributed by atoms with E-state index in [4.69, 9.17) is 9.47 Å². The van der Waals surface area contributed by atoms with E-state index in [-0.39, 0.29) is 26.2 Å². The fraction of sp³-hybridized carbons (Fsp3) is 0.667. The first kappa shape index (κ1) is 28.9. The topological polar surface area (TPSA) is 68.3 Å². The normalized spacial score (nSPS) is 18.5. The molecule has 37 heavy (non-hydrogen) atoms. The van der Waals surface area contributed by atoms with Crippen LogP contribution in [-0.4, -0.2) is 77.7 Å². The molecule has 13 heteroatoms. The van der Waals surface area contributed by atoms with Crippen LogP contribution in [-0.2, 0) is 20.8 Å². The average Bonchev–Trinajstić information content (AvgIpc) is 3.53. The first-order valence-electron chi connectivity index (χ1n) is 11.7. The number of piperazine rings is 1. The molecule has 7 nitrogen and oxygen atoms in total. The van der Waals surface area contributed by atoms with Crippen molar-refractivity contribution in [1.82, 2.24) is 9.80 Å². The molecule has 1 aliphatic heterocycles. The number of hydrogen-bond acceptors (Lipinski definition) is 6. The van der Waals surface area contributed by atoms with Crippen molar-refractivity contribution in [2.24, 2.45) is 0 Å². The lowest BCUT2D eigenvalue weighted by Crippen LogP contribution is -2.52. The predicted molar refractivity (Wildman–Crippen MR) is 119 cm³/mol. The predicted octanol–water partition coefficient (Wildman–Crippen LogP) is 5.00. The number of alkyl halides is 6. The number of esters is 1. The Hall–Kier alpha value is -2.70. The maximum atomic E-state index is 12.7. The Morgan fingerprint density at radius 3 is 2.03 bits per heavy atom. The number of halogens is 6. The fourth-order valence-corrected chi connectivity index (χ4v) is 3.84. The molecule has 0 aromatic heterocycles. The SMILES string of the molecule is Cc1cccc(CN2CCN(C(=O)OC(C(F)(F)F)C(F)(F)F)CC2)c1OC1(C(=O)OC(C)(C)C)CC1. The summed E-state index contributed by atoms with van der Waals surface area (Å²) >= 11 is 0. The number of rotatable bonds is 6. The molecule has 1 aromatic carbocycles. The van der Waals surface area contributed by atoms with Crippen molar-refractivity contribution >= 4 is 12.1 Å². The monoisotopic (exact) mass is 540 g/mol. The van der Waals surface area contributed by atoms with Gasteiger partial charge in [0.15, 0.2) is 0 Å². The number of hydrogen-bond donors (Lipinski definition) is 0. The third-order valence-corrected chi connectivity index (χ3v) is 5.90. The molecular formula is C24H30F6N2O5. The molecule has 0 bridgehead atoms. The number of amides is 1. The van der Waals surface area contributed by atoms with Crippen LogP contribution >= 0.6 is 0 Å². The summed E-state index contributed by atoms with van der Waals surface area (Å²) in [6.45, 7) is 7.58. The van der Waals surface area contributed by atoms with E-state index in [0.717, 1.165) is 16.0 Å². The van der Waals surface area contributed by atoms with Crippen molar-refractivity contribution in [3.8, 4) is 5.75 Å². The van der Waals surface area contributed by atoms with E-state index in [1.165, 1.54) is 0 Å². The highest BCUT2D eigenvalue weighted by Crippen LogP contribution is 2.44. The van der Waals surface area contributed by atoms with Gasteiger partial charge in [-0.3, -0.25) is 4.90 Å². The van der Waals surface area contributed by atoms with Gasteiger partial charge in [-0.25, -0.2) is 9.59 Å². The minimum atomic E-state index is -5.77. The molecule has 1 saturated heterocycles. The smallest absolute Gasteiger partial charge is 0.434 e. The quantitative estimate of drug-likeness (QED) is 0.374. The molecule has 2 aliphatic rings. The Kier molecular flexibility index (Phi) is 7.97. The molecule has 0 radical (unpaired) electrons.